The Morgan fingerprint density at radius 2 is 2.18 bits per heavy atom. The van der Waals surface area contributed by atoms with Crippen molar-refractivity contribution in [1.82, 2.24) is 10.3 Å². The lowest BCUT2D eigenvalue weighted by atomic mass is 10.2. The minimum Gasteiger partial charge on any atom is -0.497 e. The average molecular weight is 246 g/mol. The van der Waals surface area contributed by atoms with Gasteiger partial charge in [0.15, 0.2) is 0 Å². The number of nitrogens with zero attached hydrogens (tertiary/aromatic N) is 1. The molecule has 1 rings (SSSR count). The number of hydrogen-bond acceptors (Lipinski definition) is 4. The van der Waals surface area contributed by atoms with Gasteiger partial charge in [0.2, 0.25) is 0 Å². The molecule has 0 radical (unpaired) electrons. The van der Waals surface area contributed by atoms with Crippen molar-refractivity contribution in [2.24, 2.45) is 0 Å². The van der Waals surface area contributed by atoms with Gasteiger partial charge in [-0.25, -0.2) is 8.78 Å². The predicted molar refractivity (Wildman–Crippen MR) is 59.3 cm³/mol. The first kappa shape index (κ1) is 13.8. The standard InChI is InChI=1S/C11H16F2N2O2/c1-8-3-10(17-2)4-9(15-8)5-14-6-11(12,13)7-16/h3-4,14,16H,5-7H2,1-2H3. The molecular weight excluding hydrogens is 230 g/mol. The first-order valence-electron chi connectivity index (χ1n) is 5.18. The molecule has 2 N–H and O–H groups in total. The van der Waals surface area contributed by atoms with Gasteiger partial charge in [0.1, 0.15) is 12.4 Å². The predicted octanol–water partition coefficient (Wildman–Crippen LogP) is 1.12. The Morgan fingerprint density at radius 1 is 1.47 bits per heavy atom. The van der Waals surface area contributed by atoms with Crippen LogP contribution in [0.2, 0.25) is 0 Å². The zero-order valence-corrected chi connectivity index (χ0v) is 9.83. The number of aliphatic hydroxyl groups excluding tert-OH is 1. The monoisotopic (exact) mass is 246 g/mol. The number of methoxy groups -OCH3 is 1. The lowest BCUT2D eigenvalue weighted by molar-refractivity contribution is -0.0478. The molecule has 0 saturated carbocycles. The molecule has 0 spiro atoms. The van der Waals surface area contributed by atoms with Crippen LogP contribution in [-0.2, 0) is 6.54 Å². The maximum Gasteiger partial charge on any atom is 0.282 e. The van der Waals surface area contributed by atoms with Crippen molar-refractivity contribution in [2.45, 2.75) is 19.4 Å². The van der Waals surface area contributed by atoms with Crippen LogP contribution in [0.25, 0.3) is 0 Å². The first-order chi connectivity index (χ1) is 7.96. The fourth-order valence-corrected chi connectivity index (χ4v) is 1.34. The van der Waals surface area contributed by atoms with Crippen molar-refractivity contribution < 1.29 is 18.6 Å². The lowest BCUT2D eigenvalue weighted by Crippen LogP contribution is -2.35. The molecule has 0 unspecified atom stereocenters. The molecule has 0 amide bonds. The molecule has 1 aromatic heterocycles. The smallest absolute Gasteiger partial charge is 0.282 e. The van der Waals surface area contributed by atoms with Crippen molar-refractivity contribution in [3.63, 3.8) is 0 Å². The van der Waals surface area contributed by atoms with Crippen molar-refractivity contribution in [1.29, 1.82) is 0 Å². The minimum absolute atomic E-state index is 0.202. The molecule has 0 fully saturated rings. The highest BCUT2D eigenvalue weighted by molar-refractivity contribution is 5.26. The molecule has 0 aliphatic heterocycles. The number of alkyl halides is 2. The molecule has 0 aliphatic rings. The van der Waals surface area contributed by atoms with E-state index < -0.39 is 19.1 Å². The van der Waals surface area contributed by atoms with Gasteiger partial charge in [-0.15, -0.1) is 0 Å². The molecule has 6 heteroatoms. The van der Waals surface area contributed by atoms with Gasteiger partial charge in [-0.05, 0) is 6.92 Å². The van der Waals surface area contributed by atoms with Crippen LogP contribution < -0.4 is 10.1 Å². The van der Waals surface area contributed by atoms with Crippen LogP contribution in [0.1, 0.15) is 11.4 Å². The van der Waals surface area contributed by atoms with E-state index >= 15 is 0 Å². The van der Waals surface area contributed by atoms with Crippen LogP contribution in [0, 0.1) is 6.92 Å². The number of halogens is 2. The average Bonchev–Trinajstić information content (AvgIpc) is 2.28. The molecule has 1 aromatic rings. The van der Waals surface area contributed by atoms with Gasteiger partial charge in [0, 0.05) is 24.4 Å². The second-order valence-electron chi connectivity index (χ2n) is 3.76. The van der Waals surface area contributed by atoms with Crippen LogP contribution in [0.3, 0.4) is 0 Å². The maximum absolute atomic E-state index is 12.7. The third-order valence-electron chi connectivity index (χ3n) is 2.14. The lowest BCUT2D eigenvalue weighted by Gasteiger charge is -2.14. The quantitative estimate of drug-likeness (QED) is 0.789. The number of nitrogens with one attached hydrogen (secondary N) is 1. The Kier molecular flexibility index (Phi) is 4.77. The summed E-state index contributed by atoms with van der Waals surface area (Å²) in [4.78, 5) is 4.18. The first-order valence-corrected chi connectivity index (χ1v) is 5.18. The number of aliphatic hydroxyl groups is 1. The minimum atomic E-state index is -3.10. The van der Waals surface area contributed by atoms with E-state index in [1.807, 2.05) is 0 Å². The number of ether oxygens (including phenoxy) is 1. The summed E-state index contributed by atoms with van der Waals surface area (Å²) >= 11 is 0. The highest BCUT2D eigenvalue weighted by Gasteiger charge is 2.26. The largest absolute Gasteiger partial charge is 0.497 e. The number of aromatic nitrogens is 1. The fourth-order valence-electron chi connectivity index (χ4n) is 1.34. The number of hydrogen-bond donors (Lipinski definition) is 2. The molecule has 0 atom stereocenters. The molecule has 96 valence electrons. The molecule has 17 heavy (non-hydrogen) atoms. The summed E-state index contributed by atoms with van der Waals surface area (Å²) < 4.78 is 30.5. The highest BCUT2D eigenvalue weighted by Crippen LogP contribution is 2.14. The second-order valence-corrected chi connectivity index (χ2v) is 3.76. The maximum atomic E-state index is 12.7. The number of pyridine rings is 1. The van der Waals surface area contributed by atoms with E-state index in [1.54, 1.807) is 19.1 Å². The molecule has 0 saturated heterocycles. The van der Waals surface area contributed by atoms with E-state index in [1.165, 1.54) is 7.11 Å². The Labute approximate surface area is 98.6 Å². The van der Waals surface area contributed by atoms with E-state index in [0.717, 1.165) is 5.69 Å². The summed E-state index contributed by atoms with van der Waals surface area (Å²) in [7, 11) is 1.53. The van der Waals surface area contributed by atoms with Gasteiger partial charge >= 0.3 is 0 Å². The zero-order valence-electron chi connectivity index (χ0n) is 9.83. The molecule has 0 aliphatic carbocycles. The van der Waals surface area contributed by atoms with E-state index in [4.69, 9.17) is 9.84 Å². The van der Waals surface area contributed by atoms with Crippen LogP contribution in [0.4, 0.5) is 8.78 Å². The van der Waals surface area contributed by atoms with Crippen LogP contribution >= 0.6 is 0 Å². The van der Waals surface area contributed by atoms with Crippen LogP contribution in [0.5, 0.6) is 5.75 Å². The summed E-state index contributed by atoms with van der Waals surface area (Å²) in [5, 5.41) is 10.9. The van der Waals surface area contributed by atoms with Gasteiger partial charge in [-0.3, -0.25) is 4.98 Å². The fraction of sp³-hybridized carbons (Fsp3) is 0.545. The van der Waals surface area contributed by atoms with Crippen LogP contribution in [0.15, 0.2) is 12.1 Å². The SMILES string of the molecule is COc1cc(C)nc(CNCC(F)(F)CO)c1. The molecule has 0 bridgehead atoms. The van der Waals surface area contributed by atoms with E-state index in [2.05, 4.69) is 10.3 Å². The highest BCUT2D eigenvalue weighted by atomic mass is 19.3. The van der Waals surface area contributed by atoms with Gasteiger partial charge in [-0.2, -0.15) is 0 Å². The molecular formula is C11H16F2N2O2. The van der Waals surface area contributed by atoms with Gasteiger partial charge in [0.05, 0.1) is 19.3 Å². The van der Waals surface area contributed by atoms with Crippen molar-refractivity contribution in [3.05, 3.63) is 23.5 Å². The van der Waals surface area contributed by atoms with Crippen molar-refractivity contribution in [3.8, 4) is 5.75 Å². The summed E-state index contributed by atoms with van der Waals surface area (Å²) in [6.07, 6.45) is 0. The normalized spacial score (nSPS) is 11.6. The van der Waals surface area contributed by atoms with Crippen molar-refractivity contribution >= 4 is 0 Å². The van der Waals surface area contributed by atoms with Crippen molar-refractivity contribution in [2.75, 3.05) is 20.3 Å². The Balaban J connectivity index is 2.55. The molecule has 0 aromatic carbocycles. The Bertz CT molecular complexity index is 372. The molecule has 1 heterocycles. The molecule has 4 nitrogen and oxygen atoms in total. The van der Waals surface area contributed by atoms with E-state index in [0.29, 0.717) is 11.4 Å². The van der Waals surface area contributed by atoms with E-state index in [-0.39, 0.29) is 6.54 Å². The van der Waals surface area contributed by atoms with E-state index in [9.17, 15) is 8.78 Å². The Morgan fingerprint density at radius 3 is 2.76 bits per heavy atom. The summed E-state index contributed by atoms with van der Waals surface area (Å²) in [6.45, 7) is 0.258. The topological polar surface area (TPSA) is 54.4 Å². The van der Waals surface area contributed by atoms with Gasteiger partial charge in [-0.1, -0.05) is 0 Å². The second kappa shape index (κ2) is 5.88. The Hall–Kier alpha value is -1.27. The third-order valence-corrected chi connectivity index (χ3v) is 2.14. The summed E-state index contributed by atoms with van der Waals surface area (Å²) in [6, 6.07) is 3.43. The van der Waals surface area contributed by atoms with Crippen LogP contribution in [-0.4, -0.2) is 36.3 Å². The zero-order chi connectivity index (χ0) is 12.9. The summed E-state index contributed by atoms with van der Waals surface area (Å²) in [5.41, 5.74) is 1.38. The van der Waals surface area contributed by atoms with Gasteiger partial charge < -0.3 is 15.2 Å². The number of rotatable bonds is 6. The van der Waals surface area contributed by atoms with Gasteiger partial charge in [0.25, 0.3) is 5.92 Å². The summed E-state index contributed by atoms with van der Waals surface area (Å²) in [5.74, 6) is -2.46. The number of aryl methyl sites for hydroxylation is 1. The third kappa shape index (κ3) is 4.62.